The second-order valence-electron chi connectivity index (χ2n) is 20.2. The van der Waals surface area contributed by atoms with E-state index in [-0.39, 0.29) is 0 Å². The Hall–Kier alpha value is -9.78. The highest BCUT2D eigenvalue weighted by atomic mass is 16.3. The number of aryl methyl sites for hydroxylation is 2. The van der Waals surface area contributed by atoms with Crippen molar-refractivity contribution in [3.8, 4) is 0 Å². The normalized spacial score (nSPS) is 12.5. The van der Waals surface area contributed by atoms with Crippen molar-refractivity contribution in [3.05, 3.63) is 230 Å². The van der Waals surface area contributed by atoms with E-state index in [2.05, 4.69) is 239 Å². The average Bonchev–Trinajstić information content (AvgIpc) is 4.29. The van der Waals surface area contributed by atoms with Gasteiger partial charge in [0.1, 0.15) is 11.2 Å². The van der Waals surface area contributed by atoms with Crippen molar-refractivity contribution in [2.45, 2.75) is 13.8 Å². The molecule has 346 valence electrons. The number of hydrogen-bond acceptors (Lipinski definition) is 4. The molecule has 0 aliphatic carbocycles. The Bertz CT molecular complexity index is 4880. The second-order valence-corrected chi connectivity index (χ2v) is 20.2. The van der Waals surface area contributed by atoms with Crippen molar-refractivity contribution >= 4 is 154 Å². The van der Waals surface area contributed by atoms with Crippen molar-refractivity contribution in [2.75, 3.05) is 9.80 Å². The lowest BCUT2D eigenvalue weighted by Gasteiger charge is -2.26. The number of nitrogens with zero attached hydrogens (tertiary/aromatic N) is 4. The molecule has 0 amide bonds. The van der Waals surface area contributed by atoms with Gasteiger partial charge >= 0.3 is 0 Å². The summed E-state index contributed by atoms with van der Waals surface area (Å²) in [7, 11) is 0. The molecule has 74 heavy (non-hydrogen) atoms. The highest BCUT2D eigenvalue weighted by Gasteiger charge is 2.26. The SMILES string of the molecule is Cc1cccc(N(c2ccc3c(c2)c2cccc4c5cc6c(cc5n3c24)c2cccc3c4cc(N(c5cccc(C)c5)c5cccc7c5oc5ccccc57)ccc4n6c32)c2cccc3c2oc2ccccc23)c1. The molecule has 0 N–H and O–H groups in total. The summed E-state index contributed by atoms with van der Waals surface area (Å²) in [5.74, 6) is 0. The monoisotopic (exact) mass is 946 g/mol. The fourth-order valence-corrected chi connectivity index (χ4v) is 12.9. The quantitative estimate of drug-likeness (QED) is 0.167. The predicted molar refractivity (Wildman–Crippen MR) is 309 cm³/mol. The molecule has 6 aromatic heterocycles. The first-order valence-corrected chi connectivity index (χ1v) is 25.4. The third kappa shape index (κ3) is 5.28. The molecule has 0 unspecified atom stereocenters. The van der Waals surface area contributed by atoms with E-state index < -0.39 is 0 Å². The van der Waals surface area contributed by atoms with Gasteiger partial charge in [-0.2, -0.15) is 0 Å². The van der Waals surface area contributed by atoms with Crippen LogP contribution in [0, 0.1) is 13.8 Å². The molecular weight excluding hydrogens is 905 g/mol. The predicted octanol–water partition coefficient (Wildman–Crippen LogP) is 19.3. The summed E-state index contributed by atoms with van der Waals surface area (Å²) in [5.41, 5.74) is 19.5. The number of furan rings is 2. The molecule has 0 spiro atoms. The Kier molecular flexibility index (Phi) is 7.78. The van der Waals surface area contributed by atoms with Gasteiger partial charge in [-0.05, 0) is 122 Å². The summed E-state index contributed by atoms with van der Waals surface area (Å²) in [6, 6.07) is 79.7. The molecule has 0 bridgehead atoms. The minimum Gasteiger partial charge on any atom is -0.454 e. The van der Waals surface area contributed by atoms with Crippen LogP contribution in [-0.2, 0) is 0 Å². The van der Waals surface area contributed by atoms with Crippen molar-refractivity contribution in [1.29, 1.82) is 0 Å². The smallest absolute Gasteiger partial charge is 0.159 e. The van der Waals surface area contributed by atoms with Crippen LogP contribution in [0.3, 0.4) is 0 Å². The van der Waals surface area contributed by atoms with Crippen LogP contribution < -0.4 is 9.80 Å². The number of anilines is 6. The molecule has 6 nitrogen and oxygen atoms in total. The van der Waals surface area contributed by atoms with Crippen molar-refractivity contribution in [3.63, 3.8) is 0 Å². The molecule has 6 heteroatoms. The first-order chi connectivity index (χ1) is 36.5. The Morgan fingerprint density at radius 2 is 0.649 bits per heavy atom. The maximum absolute atomic E-state index is 6.68. The molecule has 0 aliphatic rings. The number of fused-ring (bicyclic) bond motifs is 18. The van der Waals surface area contributed by atoms with E-state index in [4.69, 9.17) is 8.83 Å². The van der Waals surface area contributed by atoms with E-state index in [9.17, 15) is 0 Å². The maximum Gasteiger partial charge on any atom is 0.159 e. The zero-order valence-electron chi connectivity index (χ0n) is 40.4. The summed E-state index contributed by atoms with van der Waals surface area (Å²) < 4.78 is 18.4. The van der Waals surface area contributed by atoms with E-state index in [1.165, 1.54) is 87.3 Å². The third-order valence-corrected chi connectivity index (χ3v) is 16.0. The van der Waals surface area contributed by atoms with Gasteiger partial charge in [-0.1, -0.05) is 121 Å². The Morgan fingerprint density at radius 3 is 1.09 bits per heavy atom. The molecule has 0 atom stereocenters. The minimum absolute atomic E-state index is 0.874. The largest absolute Gasteiger partial charge is 0.454 e. The van der Waals surface area contributed by atoms with Gasteiger partial charge in [0.05, 0.1) is 44.5 Å². The summed E-state index contributed by atoms with van der Waals surface area (Å²) in [5, 5.41) is 14.3. The number of rotatable bonds is 6. The van der Waals surface area contributed by atoms with Crippen LogP contribution >= 0.6 is 0 Å². The van der Waals surface area contributed by atoms with Crippen molar-refractivity contribution in [1.82, 2.24) is 8.80 Å². The Labute approximate surface area is 423 Å². The molecule has 0 saturated carbocycles. The van der Waals surface area contributed by atoms with Crippen molar-refractivity contribution in [2.24, 2.45) is 0 Å². The number of hydrogen-bond donors (Lipinski definition) is 0. The second kappa shape index (κ2) is 14.4. The van der Waals surface area contributed by atoms with Crippen LogP contribution in [-0.4, -0.2) is 8.80 Å². The topological polar surface area (TPSA) is 41.6 Å². The third-order valence-electron chi connectivity index (χ3n) is 16.0. The molecule has 6 heterocycles. The molecule has 11 aromatic carbocycles. The maximum atomic E-state index is 6.68. The van der Waals surface area contributed by atoms with E-state index in [1.54, 1.807) is 0 Å². The lowest BCUT2D eigenvalue weighted by molar-refractivity contribution is 0.668. The summed E-state index contributed by atoms with van der Waals surface area (Å²) in [4.78, 5) is 4.72. The van der Waals surface area contributed by atoms with Crippen molar-refractivity contribution < 1.29 is 8.83 Å². The molecule has 17 aromatic rings. The molecular formula is C68H42N4O2. The number of benzene rings is 11. The van der Waals surface area contributed by atoms with Crippen LogP contribution in [0.5, 0.6) is 0 Å². The Balaban J connectivity index is 0.863. The van der Waals surface area contributed by atoms with Crippen LogP contribution in [0.1, 0.15) is 11.1 Å². The number of aromatic nitrogens is 2. The van der Waals surface area contributed by atoms with E-state index >= 15 is 0 Å². The van der Waals surface area contributed by atoms with Gasteiger partial charge in [-0.15, -0.1) is 0 Å². The van der Waals surface area contributed by atoms with Gasteiger partial charge in [-0.3, -0.25) is 0 Å². The van der Waals surface area contributed by atoms with E-state index in [1.807, 2.05) is 12.1 Å². The van der Waals surface area contributed by atoms with Gasteiger partial charge in [0.15, 0.2) is 11.2 Å². The van der Waals surface area contributed by atoms with Gasteiger partial charge in [0.2, 0.25) is 0 Å². The zero-order chi connectivity index (χ0) is 48.5. The van der Waals surface area contributed by atoms with Gasteiger partial charge < -0.3 is 27.4 Å². The molecule has 0 radical (unpaired) electrons. The summed E-state index contributed by atoms with van der Waals surface area (Å²) in [6.45, 7) is 4.31. The molecule has 0 aliphatic heterocycles. The van der Waals surface area contributed by atoms with E-state index in [0.717, 1.165) is 78.0 Å². The average molecular weight is 947 g/mol. The zero-order valence-corrected chi connectivity index (χ0v) is 40.4. The van der Waals surface area contributed by atoms with Crippen LogP contribution in [0.2, 0.25) is 0 Å². The van der Waals surface area contributed by atoms with Gasteiger partial charge in [0, 0.05) is 87.4 Å². The van der Waals surface area contributed by atoms with E-state index in [0.29, 0.717) is 0 Å². The van der Waals surface area contributed by atoms with Gasteiger partial charge in [0.25, 0.3) is 0 Å². The highest BCUT2D eigenvalue weighted by molar-refractivity contribution is 6.29. The Morgan fingerprint density at radius 1 is 0.284 bits per heavy atom. The highest BCUT2D eigenvalue weighted by Crippen LogP contribution is 2.49. The molecule has 0 fully saturated rings. The first-order valence-electron chi connectivity index (χ1n) is 25.4. The lowest BCUT2D eigenvalue weighted by atomic mass is 10.0. The summed E-state index contributed by atoms with van der Waals surface area (Å²) in [6.07, 6.45) is 0. The first kappa shape index (κ1) is 39.9. The number of para-hydroxylation sites is 6. The van der Waals surface area contributed by atoms with Crippen LogP contribution in [0.15, 0.2) is 227 Å². The lowest BCUT2D eigenvalue weighted by Crippen LogP contribution is -2.10. The standard InChI is InChI=1S/C68H42N4O2/c1-39-13-7-15-41(33-39)69(59-25-11-23-51-45-17-3-5-27-63(45)73-67(51)59)43-29-31-57-53(35-43)47-19-9-21-49-55-38-62-56(37-61(55)71(57)65(47)49)50-22-10-20-48-54-36-44(30-32-58(54)72(62)66(48)50)70(42-16-8-14-40(2)34-42)60-26-12-24-52-46-18-4-6-28-64(46)74-68(52)60/h3-38H,1-2H3. The fraction of sp³-hybridized carbons (Fsp3) is 0.0294. The summed E-state index contributed by atoms with van der Waals surface area (Å²) >= 11 is 0. The minimum atomic E-state index is 0.874. The molecule has 0 saturated heterocycles. The van der Waals surface area contributed by atoms with Gasteiger partial charge in [-0.25, -0.2) is 0 Å². The fourth-order valence-electron chi connectivity index (χ4n) is 12.9. The molecule has 17 rings (SSSR count). The van der Waals surface area contributed by atoms with Crippen LogP contribution in [0.25, 0.3) is 120 Å². The van der Waals surface area contributed by atoms with Crippen LogP contribution in [0.4, 0.5) is 34.1 Å².